The Bertz CT molecular complexity index is 995. The van der Waals surface area contributed by atoms with E-state index in [2.05, 4.69) is 9.88 Å². The highest BCUT2D eigenvalue weighted by molar-refractivity contribution is 7.89. The van der Waals surface area contributed by atoms with Gasteiger partial charge in [0.1, 0.15) is 21.7 Å². The summed E-state index contributed by atoms with van der Waals surface area (Å²) in [5.74, 6) is -0.702. The molecule has 1 unspecified atom stereocenters. The van der Waals surface area contributed by atoms with E-state index in [4.69, 9.17) is 9.26 Å². The zero-order valence-corrected chi connectivity index (χ0v) is 15.6. The molecule has 3 aromatic rings. The van der Waals surface area contributed by atoms with E-state index in [9.17, 15) is 13.2 Å². The minimum Gasteiger partial charge on any atom is -0.465 e. The molecule has 0 aliphatic carbocycles. The molecule has 0 bridgehead atoms. The van der Waals surface area contributed by atoms with Crippen molar-refractivity contribution in [1.82, 2.24) is 9.88 Å². The Kier molecular flexibility index (Phi) is 5.21. The number of aromatic nitrogens is 1. The number of rotatable bonds is 6. The van der Waals surface area contributed by atoms with Crippen LogP contribution in [0.15, 0.2) is 58.1 Å². The van der Waals surface area contributed by atoms with Crippen LogP contribution in [-0.4, -0.2) is 26.7 Å². The number of hydrogen-bond donors (Lipinski definition) is 1. The molecular weight excluding hydrogens is 376 g/mol. The molecule has 26 heavy (non-hydrogen) atoms. The second-order valence-corrected chi connectivity index (χ2v) is 8.16. The smallest absolute Gasteiger partial charge is 0.349 e. The lowest BCUT2D eigenvalue weighted by molar-refractivity contribution is 0.0602. The van der Waals surface area contributed by atoms with Gasteiger partial charge in [0.05, 0.1) is 13.2 Å². The van der Waals surface area contributed by atoms with Crippen LogP contribution in [0.3, 0.4) is 0 Å². The van der Waals surface area contributed by atoms with Gasteiger partial charge in [0.25, 0.3) is 0 Å². The fourth-order valence-corrected chi connectivity index (χ4v) is 5.17. The Morgan fingerprint density at radius 2 is 2.00 bits per heavy atom. The largest absolute Gasteiger partial charge is 0.465 e. The summed E-state index contributed by atoms with van der Waals surface area (Å²) in [5, 5.41) is 3.73. The highest BCUT2D eigenvalue weighted by atomic mass is 32.2. The third kappa shape index (κ3) is 3.69. The van der Waals surface area contributed by atoms with Gasteiger partial charge in [-0.3, -0.25) is 0 Å². The molecule has 0 fully saturated rings. The first kappa shape index (κ1) is 18.3. The van der Waals surface area contributed by atoms with Crippen LogP contribution in [-0.2, 0) is 14.8 Å². The first-order valence-electron chi connectivity index (χ1n) is 7.62. The van der Waals surface area contributed by atoms with E-state index in [0.29, 0.717) is 10.6 Å². The van der Waals surface area contributed by atoms with Crippen LogP contribution in [0.4, 0.5) is 0 Å². The van der Waals surface area contributed by atoms with Crippen molar-refractivity contribution in [3.63, 3.8) is 0 Å². The Labute approximate surface area is 154 Å². The van der Waals surface area contributed by atoms with Gasteiger partial charge in [-0.2, -0.15) is 0 Å². The number of nitrogens with zero attached hydrogens (tertiary/aromatic N) is 1. The number of hydrogen-bond acceptors (Lipinski definition) is 7. The lowest BCUT2D eigenvalue weighted by atomic mass is 10.2. The molecule has 0 spiro atoms. The van der Waals surface area contributed by atoms with Gasteiger partial charge < -0.3 is 9.26 Å². The quantitative estimate of drug-likeness (QED) is 0.647. The molecule has 0 aliphatic rings. The monoisotopic (exact) mass is 392 g/mol. The third-order valence-electron chi connectivity index (χ3n) is 3.65. The Hall–Kier alpha value is -2.49. The molecule has 136 valence electrons. The van der Waals surface area contributed by atoms with Gasteiger partial charge in [0.2, 0.25) is 10.0 Å². The van der Waals surface area contributed by atoms with Crippen molar-refractivity contribution in [1.29, 1.82) is 0 Å². The SMILES string of the molecule is COC(=O)c1sc(-c2ccccc2)cc1S(=O)(=O)NC(C)c1ccon1. The molecule has 0 radical (unpaired) electrons. The van der Waals surface area contributed by atoms with Gasteiger partial charge in [0, 0.05) is 10.9 Å². The Morgan fingerprint density at radius 1 is 1.27 bits per heavy atom. The highest BCUT2D eigenvalue weighted by Gasteiger charge is 2.29. The van der Waals surface area contributed by atoms with Crippen molar-refractivity contribution in [2.45, 2.75) is 17.9 Å². The van der Waals surface area contributed by atoms with Crippen molar-refractivity contribution >= 4 is 27.3 Å². The van der Waals surface area contributed by atoms with Crippen LogP contribution >= 0.6 is 11.3 Å². The van der Waals surface area contributed by atoms with Crippen molar-refractivity contribution < 1.29 is 22.5 Å². The predicted octanol–water partition coefficient (Wildman–Crippen LogP) is 3.23. The zero-order chi connectivity index (χ0) is 18.7. The van der Waals surface area contributed by atoms with Crippen molar-refractivity contribution in [2.75, 3.05) is 7.11 Å². The number of sulfonamides is 1. The number of thiophene rings is 1. The Morgan fingerprint density at radius 3 is 2.62 bits per heavy atom. The number of benzene rings is 1. The molecule has 1 N–H and O–H groups in total. The lowest BCUT2D eigenvalue weighted by Crippen LogP contribution is -2.28. The summed E-state index contributed by atoms with van der Waals surface area (Å²) in [4.78, 5) is 12.7. The number of carbonyl (C=O) groups is 1. The summed E-state index contributed by atoms with van der Waals surface area (Å²) in [6.07, 6.45) is 1.36. The van der Waals surface area contributed by atoms with Gasteiger partial charge >= 0.3 is 5.97 Å². The molecule has 0 saturated heterocycles. The van der Waals surface area contributed by atoms with Gasteiger partial charge in [-0.15, -0.1) is 11.3 Å². The van der Waals surface area contributed by atoms with E-state index in [1.54, 1.807) is 13.0 Å². The molecule has 0 saturated carbocycles. The van der Waals surface area contributed by atoms with Gasteiger partial charge in [-0.25, -0.2) is 17.9 Å². The second-order valence-electron chi connectivity index (χ2n) is 5.43. The zero-order valence-electron chi connectivity index (χ0n) is 14.0. The van der Waals surface area contributed by atoms with Crippen molar-refractivity contribution in [3.05, 3.63) is 59.3 Å². The van der Waals surface area contributed by atoms with Gasteiger partial charge in [-0.1, -0.05) is 35.5 Å². The van der Waals surface area contributed by atoms with Crippen LogP contribution in [0.1, 0.15) is 28.3 Å². The first-order chi connectivity index (χ1) is 12.4. The Balaban J connectivity index is 2.02. The first-order valence-corrected chi connectivity index (χ1v) is 9.92. The van der Waals surface area contributed by atoms with Crippen molar-refractivity contribution in [2.24, 2.45) is 0 Å². The van der Waals surface area contributed by atoms with Crippen LogP contribution in [0.5, 0.6) is 0 Å². The number of esters is 1. The molecule has 7 nitrogen and oxygen atoms in total. The minimum atomic E-state index is -3.98. The molecule has 1 aromatic carbocycles. The number of ether oxygens (including phenoxy) is 1. The molecular formula is C17H16N2O5S2. The number of nitrogens with one attached hydrogen (secondary N) is 1. The molecule has 9 heteroatoms. The number of methoxy groups -OCH3 is 1. The maximum atomic E-state index is 12.9. The lowest BCUT2D eigenvalue weighted by Gasteiger charge is -2.11. The summed E-state index contributed by atoms with van der Waals surface area (Å²) in [6, 6.07) is 11.6. The van der Waals surface area contributed by atoms with Crippen LogP contribution in [0, 0.1) is 0 Å². The second kappa shape index (κ2) is 7.40. The van der Waals surface area contributed by atoms with Crippen LogP contribution in [0.2, 0.25) is 0 Å². The summed E-state index contributed by atoms with van der Waals surface area (Å²) in [6.45, 7) is 1.64. The molecule has 0 aliphatic heterocycles. The molecule has 1 atom stereocenters. The predicted molar refractivity (Wildman–Crippen MR) is 96.3 cm³/mol. The normalized spacial score (nSPS) is 12.7. The summed E-state index contributed by atoms with van der Waals surface area (Å²) >= 11 is 1.07. The van der Waals surface area contributed by atoms with Crippen LogP contribution < -0.4 is 4.72 Å². The maximum absolute atomic E-state index is 12.9. The average molecular weight is 392 g/mol. The van der Waals surface area contributed by atoms with Gasteiger partial charge in [0.15, 0.2) is 0 Å². The van der Waals surface area contributed by atoms with Crippen molar-refractivity contribution in [3.8, 4) is 10.4 Å². The fourth-order valence-electron chi connectivity index (χ4n) is 2.36. The standard InChI is InChI=1S/C17H16N2O5S2/c1-11(13-8-9-24-18-13)19-26(21,22)15-10-14(12-6-4-3-5-7-12)25-16(15)17(20)23-2/h3-11,19H,1-2H3. The third-order valence-corrected chi connectivity index (χ3v) is 6.51. The summed E-state index contributed by atoms with van der Waals surface area (Å²) < 4.78 is 37.7. The van der Waals surface area contributed by atoms with E-state index >= 15 is 0 Å². The molecule has 2 aromatic heterocycles. The van der Waals surface area contributed by atoms with E-state index in [0.717, 1.165) is 16.9 Å². The van der Waals surface area contributed by atoms with E-state index < -0.39 is 22.0 Å². The van der Waals surface area contributed by atoms with E-state index in [1.165, 1.54) is 19.4 Å². The van der Waals surface area contributed by atoms with Gasteiger partial charge in [-0.05, 0) is 18.6 Å². The molecule has 3 rings (SSSR count). The summed E-state index contributed by atoms with van der Waals surface area (Å²) in [5.41, 5.74) is 1.25. The minimum absolute atomic E-state index is 0.0196. The van der Waals surface area contributed by atoms with E-state index in [1.807, 2.05) is 30.3 Å². The highest BCUT2D eigenvalue weighted by Crippen LogP contribution is 2.35. The topological polar surface area (TPSA) is 98.5 Å². The molecule has 2 heterocycles. The van der Waals surface area contributed by atoms with Crippen LogP contribution in [0.25, 0.3) is 10.4 Å². The maximum Gasteiger partial charge on any atom is 0.349 e. The molecule has 0 amide bonds. The van der Waals surface area contributed by atoms with E-state index in [-0.39, 0.29) is 9.77 Å². The average Bonchev–Trinajstić information content (AvgIpc) is 3.31. The number of carbonyl (C=O) groups excluding carboxylic acids is 1. The summed E-state index contributed by atoms with van der Waals surface area (Å²) in [7, 11) is -2.77. The fraction of sp³-hybridized carbons (Fsp3) is 0.176.